The molecule has 1 aliphatic heterocycles. The molecular weight excluding hydrogens is 480 g/mol. The van der Waals surface area contributed by atoms with Crippen LogP contribution in [0.25, 0.3) is 43.4 Å². The molecule has 0 radical (unpaired) electrons. The molecule has 0 bridgehead atoms. The summed E-state index contributed by atoms with van der Waals surface area (Å²) in [6.07, 6.45) is 1.93. The summed E-state index contributed by atoms with van der Waals surface area (Å²) in [5, 5.41) is 7.74. The summed E-state index contributed by atoms with van der Waals surface area (Å²) in [6.45, 7) is 0. The van der Waals surface area contributed by atoms with Crippen molar-refractivity contribution in [3.8, 4) is 11.1 Å². The molecule has 6 aromatic carbocycles. The van der Waals surface area contributed by atoms with Crippen LogP contribution < -0.4 is 4.90 Å². The average Bonchev–Trinajstić information content (AvgIpc) is 3.00. The van der Waals surface area contributed by atoms with Crippen LogP contribution in [-0.4, -0.2) is 4.98 Å². The van der Waals surface area contributed by atoms with E-state index in [9.17, 15) is 0 Å². The van der Waals surface area contributed by atoms with E-state index >= 15 is 0 Å². The number of benzene rings is 6. The van der Waals surface area contributed by atoms with Gasteiger partial charge in [-0.15, -0.1) is 0 Å². The summed E-state index contributed by atoms with van der Waals surface area (Å²) in [5.41, 5.74) is 4.67. The Balaban J connectivity index is 1.33. The standard InChI is InChI=1S/C35H22N2S/c1-2-11-27-25(9-1)26-10-3-4-12-28(26)30-21-23(17-18-29(27)30)24-19-20-36-35(22-24)37-31-13-5-7-15-33(31)38-34-16-8-6-14-32(34)37/h1-22H. The van der Waals surface area contributed by atoms with E-state index in [1.807, 2.05) is 18.0 Å². The van der Waals surface area contributed by atoms with Crippen molar-refractivity contribution >= 4 is 61.3 Å². The molecule has 0 fully saturated rings. The first kappa shape index (κ1) is 21.5. The van der Waals surface area contributed by atoms with Crippen molar-refractivity contribution in [2.45, 2.75) is 9.79 Å². The van der Waals surface area contributed by atoms with Gasteiger partial charge >= 0.3 is 0 Å². The lowest BCUT2D eigenvalue weighted by molar-refractivity contribution is 1.11. The zero-order valence-corrected chi connectivity index (χ0v) is 21.3. The van der Waals surface area contributed by atoms with Gasteiger partial charge in [-0.05, 0) is 85.9 Å². The van der Waals surface area contributed by atoms with Gasteiger partial charge in [-0.25, -0.2) is 4.98 Å². The predicted molar refractivity (Wildman–Crippen MR) is 161 cm³/mol. The number of nitrogens with zero attached hydrogens (tertiary/aromatic N) is 2. The second kappa shape index (κ2) is 8.47. The van der Waals surface area contributed by atoms with E-state index in [1.165, 1.54) is 47.7 Å². The van der Waals surface area contributed by atoms with E-state index < -0.39 is 0 Å². The molecule has 2 heterocycles. The topological polar surface area (TPSA) is 16.1 Å². The smallest absolute Gasteiger partial charge is 0.138 e. The molecule has 1 aromatic heterocycles. The summed E-state index contributed by atoms with van der Waals surface area (Å²) >= 11 is 1.82. The van der Waals surface area contributed by atoms with E-state index in [0.29, 0.717) is 0 Å². The van der Waals surface area contributed by atoms with Crippen LogP contribution in [0.1, 0.15) is 0 Å². The maximum atomic E-state index is 4.86. The number of hydrogen-bond acceptors (Lipinski definition) is 3. The highest BCUT2D eigenvalue weighted by molar-refractivity contribution is 7.99. The first-order valence-corrected chi connectivity index (χ1v) is 13.6. The van der Waals surface area contributed by atoms with Gasteiger partial charge in [-0.3, -0.25) is 4.90 Å². The van der Waals surface area contributed by atoms with Crippen LogP contribution in [0.4, 0.5) is 17.2 Å². The van der Waals surface area contributed by atoms with Gasteiger partial charge in [-0.2, -0.15) is 0 Å². The van der Waals surface area contributed by atoms with Crippen LogP contribution in [0.3, 0.4) is 0 Å². The Labute approximate surface area is 225 Å². The number of para-hydroxylation sites is 2. The van der Waals surface area contributed by atoms with Crippen LogP contribution in [0, 0.1) is 0 Å². The van der Waals surface area contributed by atoms with Crippen molar-refractivity contribution < 1.29 is 0 Å². The molecule has 8 rings (SSSR count). The number of fused-ring (bicyclic) bond motifs is 8. The van der Waals surface area contributed by atoms with Crippen LogP contribution in [-0.2, 0) is 0 Å². The lowest BCUT2D eigenvalue weighted by Crippen LogP contribution is -2.15. The largest absolute Gasteiger partial charge is 0.293 e. The van der Waals surface area contributed by atoms with E-state index in [1.54, 1.807) is 0 Å². The van der Waals surface area contributed by atoms with E-state index in [0.717, 1.165) is 22.8 Å². The molecule has 0 spiro atoms. The fraction of sp³-hybridized carbons (Fsp3) is 0. The van der Waals surface area contributed by atoms with Crippen molar-refractivity contribution in [3.63, 3.8) is 0 Å². The quantitative estimate of drug-likeness (QED) is 0.219. The Bertz CT molecular complexity index is 1950. The Morgan fingerprint density at radius 2 is 0.947 bits per heavy atom. The molecule has 3 heteroatoms. The molecular formula is C35H22N2S. The minimum absolute atomic E-state index is 0.922. The molecule has 1 aliphatic rings. The second-order valence-corrected chi connectivity index (χ2v) is 10.7. The van der Waals surface area contributed by atoms with Gasteiger partial charge in [0.25, 0.3) is 0 Å². The third-order valence-electron chi connectivity index (χ3n) is 7.48. The Morgan fingerprint density at radius 3 is 1.58 bits per heavy atom. The minimum Gasteiger partial charge on any atom is -0.293 e. The lowest BCUT2D eigenvalue weighted by atomic mass is 9.92. The highest BCUT2D eigenvalue weighted by Crippen LogP contribution is 2.51. The molecule has 178 valence electrons. The van der Waals surface area contributed by atoms with Crippen molar-refractivity contribution in [2.24, 2.45) is 0 Å². The summed E-state index contributed by atoms with van der Waals surface area (Å²) in [6, 6.07) is 45.8. The van der Waals surface area contributed by atoms with Crippen molar-refractivity contribution in [3.05, 3.63) is 134 Å². The molecule has 0 aliphatic carbocycles. The maximum Gasteiger partial charge on any atom is 0.138 e. The monoisotopic (exact) mass is 502 g/mol. The van der Waals surface area contributed by atoms with Crippen LogP contribution in [0.2, 0.25) is 0 Å². The fourth-order valence-electron chi connectivity index (χ4n) is 5.76. The zero-order valence-electron chi connectivity index (χ0n) is 20.5. The maximum absolute atomic E-state index is 4.86. The molecule has 7 aromatic rings. The third kappa shape index (κ3) is 3.26. The SMILES string of the molecule is c1ccc2c(c1)Sc1ccccc1N2c1cc(-c2ccc3c4ccccc4c4ccccc4c3c2)ccn1. The molecule has 38 heavy (non-hydrogen) atoms. The summed E-state index contributed by atoms with van der Waals surface area (Å²) in [4.78, 5) is 9.62. The molecule has 0 amide bonds. The first-order valence-electron chi connectivity index (χ1n) is 12.8. The Morgan fingerprint density at radius 1 is 0.447 bits per heavy atom. The number of anilines is 3. The third-order valence-corrected chi connectivity index (χ3v) is 8.61. The normalized spacial score (nSPS) is 12.6. The van der Waals surface area contributed by atoms with Gasteiger partial charge in [0.1, 0.15) is 5.82 Å². The molecule has 0 saturated carbocycles. The lowest BCUT2D eigenvalue weighted by Gasteiger charge is -2.32. The summed E-state index contributed by atoms with van der Waals surface area (Å²) in [7, 11) is 0. The number of aromatic nitrogens is 1. The van der Waals surface area contributed by atoms with Crippen LogP contribution in [0.5, 0.6) is 0 Å². The number of pyridine rings is 1. The summed E-state index contributed by atoms with van der Waals surface area (Å²) in [5.74, 6) is 0.922. The number of hydrogen-bond donors (Lipinski definition) is 0. The van der Waals surface area contributed by atoms with Gasteiger partial charge < -0.3 is 0 Å². The number of rotatable bonds is 2. The zero-order chi connectivity index (χ0) is 25.1. The van der Waals surface area contributed by atoms with Crippen molar-refractivity contribution in [2.75, 3.05) is 4.90 Å². The second-order valence-electron chi connectivity index (χ2n) is 9.63. The summed E-state index contributed by atoms with van der Waals surface area (Å²) < 4.78 is 0. The van der Waals surface area contributed by atoms with Gasteiger partial charge in [0.2, 0.25) is 0 Å². The van der Waals surface area contributed by atoms with Crippen LogP contribution >= 0.6 is 11.8 Å². The van der Waals surface area contributed by atoms with Gasteiger partial charge in [0.15, 0.2) is 0 Å². The Hall–Kier alpha value is -4.60. The van der Waals surface area contributed by atoms with Crippen LogP contribution in [0.15, 0.2) is 143 Å². The Kier molecular flexibility index (Phi) is 4.79. The van der Waals surface area contributed by atoms with Gasteiger partial charge in [-0.1, -0.05) is 96.7 Å². The highest BCUT2D eigenvalue weighted by atomic mass is 32.2. The average molecular weight is 503 g/mol. The van der Waals surface area contributed by atoms with E-state index in [4.69, 9.17) is 4.98 Å². The van der Waals surface area contributed by atoms with Crippen molar-refractivity contribution in [1.29, 1.82) is 0 Å². The highest BCUT2D eigenvalue weighted by Gasteiger charge is 2.25. The molecule has 0 saturated heterocycles. The molecule has 0 N–H and O–H groups in total. The van der Waals surface area contributed by atoms with Gasteiger partial charge in [0, 0.05) is 16.0 Å². The molecule has 2 nitrogen and oxygen atoms in total. The molecule has 0 atom stereocenters. The van der Waals surface area contributed by atoms with E-state index in [2.05, 4.69) is 132 Å². The first-order chi connectivity index (χ1) is 18.8. The van der Waals surface area contributed by atoms with E-state index in [-0.39, 0.29) is 0 Å². The predicted octanol–water partition coefficient (Wildman–Crippen LogP) is 10.1. The van der Waals surface area contributed by atoms with Crippen molar-refractivity contribution in [1.82, 2.24) is 4.98 Å². The van der Waals surface area contributed by atoms with Gasteiger partial charge in [0.05, 0.1) is 11.4 Å². The minimum atomic E-state index is 0.922. The fourth-order valence-corrected chi connectivity index (χ4v) is 6.82. The molecule has 0 unspecified atom stereocenters.